The molecule has 0 aliphatic carbocycles. The molecule has 124 valence electrons. The topological polar surface area (TPSA) is 58.2 Å². The lowest BCUT2D eigenvalue weighted by atomic mass is 10.0. The molecule has 4 nitrogen and oxygen atoms in total. The van der Waals surface area contributed by atoms with E-state index in [1.54, 1.807) is 0 Å². The predicted octanol–water partition coefficient (Wildman–Crippen LogP) is 2.09. The molecule has 3 rings (SSSR count). The highest BCUT2D eigenvalue weighted by Crippen LogP contribution is 2.28. The molecule has 2 atom stereocenters. The van der Waals surface area contributed by atoms with Crippen LogP contribution in [0.1, 0.15) is 25.7 Å². The summed E-state index contributed by atoms with van der Waals surface area (Å²) in [6.07, 6.45) is 3.29. The minimum Gasteiger partial charge on any atom is -0.311 e. The van der Waals surface area contributed by atoms with Crippen molar-refractivity contribution < 1.29 is 21.6 Å². The van der Waals surface area contributed by atoms with E-state index < -0.39 is 32.4 Å². The van der Waals surface area contributed by atoms with Gasteiger partial charge >= 0.3 is 0 Å². The van der Waals surface area contributed by atoms with Gasteiger partial charge in [-0.15, -0.1) is 12.4 Å². The van der Waals surface area contributed by atoms with Crippen LogP contribution in [0.5, 0.6) is 0 Å². The Kier molecular flexibility index (Phi) is 5.06. The predicted molar refractivity (Wildman–Crippen MR) is 76.9 cm³/mol. The second kappa shape index (κ2) is 6.35. The number of piperidine rings is 1. The van der Waals surface area contributed by atoms with Gasteiger partial charge < -0.3 is 5.32 Å². The third-order valence-electron chi connectivity index (χ3n) is 4.06. The summed E-state index contributed by atoms with van der Waals surface area (Å²) in [6.45, 7) is 0. The van der Waals surface area contributed by atoms with Gasteiger partial charge in [-0.25, -0.2) is 26.3 Å². The first-order chi connectivity index (χ1) is 9.85. The van der Waals surface area contributed by atoms with Gasteiger partial charge in [0, 0.05) is 18.1 Å². The summed E-state index contributed by atoms with van der Waals surface area (Å²) in [5, 5.41) is 3.37. The van der Waals surface area contributed by atoms with Crippen molar-refractivity contribution in [2.24, 2.45) is 0 Å². The number of hydrogen-bond acceptors (Lipinski definition) is 3. The number of fused-ring (bicyclic) bond motifs is 2. The zero-order chi connectivity index (χ0) is 15.2. The molecule has 2 N–H and O–H groups in total. The summed E-state index contributed by atoms with van der Waals surface area (Å²) < 4.78 is 66.0. The van der Waals surface area contributed by atoms with Crippen LogP contribution in [0.4, 0.5) is 13.2 Å². The smallest absolute Gasteiger partial charge is 0.241 e. The minimum atomic E-state index is -4.07. The summed E-state index contributed by atoms with van der Waals surface area (Å²) in [7, 11) is -4.07. The quantitative estimate of drug-likeness (QED) is 0.815. The Morgan fingerprint density at radius 2 is 1.55 bits per heavy atom. The molecule has 22 heavy (non-hydrogen) atoms. The molecule has 2 heterocycles. The number of nitrogens with one attached hydrogen (secondary N) is 2. The number of rotatable bonds is 3. The van der Waals surface area contributed by atoms with E-state index in [0.29, 0.717) is 25.0 Å². The molecule has 0 amide bonds. The molecule has 0 aromatic heterocycles. The van der Waals surface area contributed by atoms with Crippen molar-refractivity contribution in [1.29, 1.82) is 0 Å². The molecule has 2 aliphatic rings. The monoisotopic (exact) mass is 356 g/mol. The average Bonchev–Trinajstić information content (AvgIpc) is 2.74. The second-order valence-electron chi connectivity index (χ2n) is 5.63. The molecule has 1 aromatic carbocycles. The van der Waals surface area contributed by atoms with Crippen LogP contribution in [-0.2, 0) is 10.0 Å². The van der Waals surface area contributed by atoms with E-state index in [4.69, 9.17) is 0 Å². The molecule has 2 bridgehead atoms. The van der Waals surface area contributed by atoms with Crippen molar-refractivity contribution in [1.82, 2.24) is 10.0 Å². The third kappa shape index (κ3) is 3.40. The van der Waals surface area contributed by atoms with Crippen molar-refractivity contribution in [3.05, 3.63) is 29.6 Å². The highest BCUT2D eigenvalue weighted by molar-refractivity contribution is 7.89. The molecule has 0 radical (unpaired) electrons. The lowest BCUT2D eigenvalue weighted by Crippen LogP contribution is -2.47. The summed E-state index contributed by atoms with van der Waals surface area (Å²) in [4.78, 5) is -0.593. The van der Waals surface area contributed by atoms with Gasteiger partial charge in [-0.05, 0) is 37.8 Å². The van der Waals surface area contributed by atoms with Crippen LogP contribution in [0.2, 0.25) is 0 Å². The Bertz CT molecular complexity index is 636. The fraction of sp³-hybridized carbons (Fsp3) is 0.538. The molecule has 1 aromatic rings. The van der Waals surface area contributed by atoms with Gasteiger partial charge in [0.25, 0.3) is 0 Å². The second-order valence-corrected chi connectivity index (χ2v) is 7.34. The number of hydrogen-bond donors (Lipinski definition) is 2. The van der Waals surface area contributed by atoms with Crippen LogP contribution >= 0.6 is 12.4 Å². The number of halogens is 4. The largest absolute Gasteiger partial charge is 0.311 e. The Hall–Kier alpha value is -0.830. The Balaban J connectivity index is 0.00000176. The minimum absolute atomic E-state index is 0. The Morgan fingerprint density at radius 3 is 2.05 bits per heavy atom. The molecule has 2 aliphatic heterocycles. The van der Waals surface area contributed by atoms with Gasteiger partial charge in [0.1, 0.15) is 0 Å². The maximum Gasteiger partial charge on any atom is 0.241 e. The molecular formula is C13H16ClF3N2O2S. The summed E-state index contributed by atoms with van der Waals surface area (Å²) in [5.41, 5.74) is 0. The molecular weight excluding hydrogens is 341 g/mol. The first kappa shape index (κ1) is 17.5. The fourth-order valence-corrected chi connectivity index (χ4v) is 4.41. The average molecular weight is 357 g/mol. The summed E-state index contributed by atoms with van der Waals surface area (Å²) in [5.74, 6) is -4.70. The van der Waals surface area contributed by atoms with Crippen LogP contribution in [0.25, 0.3) is 0 Å². The fourth-order valence-electron chi connectivity index (χ4n) is 3.13. The van der Waals surface area contributed by atoms with Crippen molar-refractivity contribution in [2.75, 3.05) is 0 Å². The van der Waals surface area contributed by atoms with E-state index in [-0.39, 0.29) is 30.5 Å². The van der Waals surface area contributed by atoms with Crippen molar-refractivity contribution in [2.45, 2.75) is 48.7 Å². The number of benzene rings is 1. The van der Waals surface area contributed by atoms with Crippen LogP contribution in [0.3, 0.4) is 0 Å². The van der Waals surface area contributed by atoms with Crippen molar-refractivity contribution in [3.8, 4) is 0 Å². The van der Waals surface area contributed by atoms with Crippen molar-refractivity contribution in [3.63, 3.8) is 0 Å². The van der Waals surface area contributed by atoms with Gasteiger partial charge in [-0.1, -0.05) is 0 Å². The third-order valence-corrected chi connectivity index (χ3v) is 5.56. The molecule has 2 saturated heterocycles. The van der Waals surface area contributed by atoms with Crippen LogP contribution in [0.15, 0.2) is 17.0 Å². The van der Waals surface area contributed by atoms with E-state index in [9.17, 15) is 21.6 Å². The maximum absolute atomic E-state index is 13.2. The van der Waals surface area contributed by atoms with Crippen LogP contribution in [-0.4, -0.2) is 26.5 Å². The van der Waals surface area contributed by atoms with Gasteiger partial charge in [-0.2, -0.15) is 0 Å². The normalized spacial score (nSPS) is 27.5. The standard InChI is InChI=1S/C13H15F3N2O2S.ClH/c14-11-5-10(6-12(15)13(11)16)21(19,20)18-9-3-7-1-2-8(4-9)17-7;/h5-9,17-18H,1-4H2;1H. The lowest BCUT2D eigenvalue weighted by Gasteiger charge is -2.29. The highest BCUT2D eigenvalue weighted by atomic mass is 35.5. The van der Waals surface area contributed by atoms with Crippen LogP contribution < -0.4 is 10.0 Å². The number of sulfonamides is 1. The lowest BCUT2D eigenvalue weighted by molar-refractivity contribution is 0.345. The van der Waals surface area contributed by atoms with Gasteiger partial charge in [-0.3, -0.25) is 0 Å². The van der Waals surface area contributed by atoms with E-state index >= 15 is 0 Å². The molecule has 2 unspecified atom stereocenters. The molecule has 0 saturated carbocycles. The Morgan fingerprint density at radius 1 is 1.05 bits per heavy atom. The summed E-state index contributed by atoms with van der Waals surface area (Å²) in [6, 6.07) is 1.27. The molecule has 0 spiro atoms. The van der Waals surface area contributed by atoms with E-state index in [0.717, 1.165) is 12.8 Å². The van der Waals surface area contributed by atoms with E-state index in [1.165, 1.54) is 0 Å². The first-order valence-corrected chi connectivity index (χ1v) is 8.26. The van der Waals surface area contributed by atoms with E-state index in [1.807, 2.05) is 0 Å². The van der Waals surface area contributed by atoms with E-state index in [2.05, 4.69) is 10.0 Å². The highest BCUT2D eigenvalue weighted by Gasteiger charge is 2.35. The van der Waals surface area contributed by atoms with Gasteiger partial charge in [0.05, 0.1) is 4.90 Å². The molecule has 2 fully saturated rings. The first-order valence-electron chi connectivity index (χ1n) is 6.78. The zero-order valence-electron chi connectivity index (χ0n) is 11.5. The maximum atomic E-state index is 13.2. The SMILES string of the molecule is Cl.O=S(=O)(NC1CC2CCC(C1)N2)c1cc(F)c(F)c(F)c1. The van der Waals surface area contributed by atoms with Crippen molar-refractivity contribution >= 4 is 22.4 Å². The van der Waals surface area contributed by atoms with Gasteiger partial charge in [0.15, 0.2) is 17.5 Å². The van der Waals surface area contributed by atoms with Gasteiger partial charge in [0.2, 0.25) is 10.0 Å². The molecule has 9 heteroatoms. The summed E-state index contributed by atoms with van der Waals surface area (Å²) >= 11 is 0. The van der Waals surface area contributed by atoms with Crippen LogP contribution in [0, 0.1) is 17.5 Å². The zero-order valence-corrected chi connectivity index (χ0v) is 13.1. The Labute approximate surface area is 132 Å².